The number of para-hydroxylation sites is 1. The Morgan fingerprint density at radius 1 is 1.13 bits per heavy atom. The van der Waals surface area contributed by atoms with Crippen molar-refractivity contribution in [3.63, 3.8) is 0 Å². The van der Waals surface area contributed by atoms with Crippen molar-refractivity contribution >= 4 is 28.9 Å². The molecule has 1 aromatic heterocycles. The zero-order valence-electron chi connectivity index (χ0n) is 16.8. The average Bonchev–Trinajstić information content (AvgIpc) is 3.22. The first-order valence-corrected chi connectivity index (χ1v) is 9.51. The largest absolute Gasteiger partial charge is 0.496 e. The molecule has 1 heterocycles. The molecule has 0 aliphatic carbocycles. The van der Waals surface area contributed by atoms with E-state index in [0.717, 1.165) is 11.1 Å². The summed E-state index contributed by atoms with van der Waals surface area (Å²) >= 11 is 5.28. The van der Waals surface area contributed by atoms with E-state index >= 15 is 0 Å². The highest BCUT2D eigenvalue weighted by atomic mass is 32.1. The van der Waals surface area contributed by atoms with Gasteiger partial charge in [-0.15, -0.1) is 0 Å². The molecule has 0 fully saturated rings. The van der Waals surface area contributed by atoms with E-state index in [-0.39, 0.29) is 17.6 Å². The van der Waals surface area contributed by atoms with Crippen LogP contribution in [0, 0.1) is 6.92 Å². The van der Waals surface area contributed by atoms with Crippen molar-refractivity contribution in [3.05, 3.63) is 65.4 Å². The van der Waals surface area contributed by atoms with Gasteiger partial charge in [0, 0.05) is 11.8 Å². The molecule has 0 bridgehead atoms. The maximum Gasteiger partial charge on any atom is 0.261 e. The van der Waals surface area contributed by atoms with Crippen LogP contribution in [-0.4, -0.2) is 30.3 Å². The summed E-state index contributed by atoms with van der Waals surface area (Å²) in [4.78, 5) is 12.6. The molecule has 7 nitrogen and oxygen atoms in total. The zero-order chi connectivity index (χ0) is 21.7. The van der Waals surface area contributed by atoms with Crippen LogP contribution in [0.2, 0.25) is 0 Å². The van der Waals surface area contributed by atoms with Crippen molar-refractivity contribution < 1.29 is 23.8 Å². The van der Waals surface area contributed by atoms with Gasteiger partial charge in [0.15, 0.2) is 5.11 Å². The second-order valence-corrected chi connectivity index (χ2v) is 6.81. The van der Waals surface area contributed by atoms with Gasteiger partial charge in [-0.2, -0.15) is 0 Å². The van der Waals surface area contributed by atoms with Gasteiger partial charge in [-0.1, -0.05) is 12.1 Å². The molecule has 0 spiro atoms. The van der Waals surface area contributed by atoms with Gasteiger partial charge in [-0.05, 0) is 55.0 Å². The molecule has 156 valence electrons. The Bertz CT molecular complexity index is 1080. The molecule has 1 amide bonds. The van der Waals surface area contributed by atoms with Crippen molar-refractivity contribution in [2.24, 2.45) is 0 Å². The summed E-state index contributed by atoms with van der Waals surface area (Å²) in [6, 6.07) is 14.1. The van der Waals surface area contributed by atoms with E-state index in [1.807, 2.05) is 13.0 Å². The molecule has 0 saturated heterocycles. The van der Waals surface area contributed by atoms with E-state index in [2.05, 4.69) is 10.6 Å². The Hall–Kier alpha value is -3.36. The van der Waals surface area contributed by atoms with Gasteiger partial charge in [0.05, 0.1) is 25.3 Å². The molecule has 3 aromatic rings. The Labute approximate surface area is 179 Å². The van der Waals surface area contributed by atoms with Crippen molar-refractivity contribution in [2.45, 2.75) is 13.5 Å². The molecule has 0 radical (unpaired) electrons. The minimum atomic E-state index is -0.372. The molecule has 0 aliphatic heterocycles. The van der Waals surface area contributed by atoms with Gasteiger partial charge in [0.2, 0.25) is 0 Å². The average molecular weight is 426 g/mol. The minimum Gasteiger partial charge on any atom is -0.496 e. The zero-order valence-corrected chi connectivity index (χ0v) is 17.6. The van der Waals surface area contributed by atoms with E-state index < -0.39 is 0 Å². The summed E-state index contributed by atoms with van der Waals surface area (Å²) in [5.74, 6) is 1.72. The number of carbonyl (C=O) groups is 1. The standard InChI is InChI=1S/C22H22N2O5S/c1-13-5-4-6-17(20(13)28-3)21(26)24-22(30)23-14-7-9-16(19(11-14)27-2)18-10-8-15(12-25)29-18/h4-11,25H,12H2,1-3H3,(H2,23,24,26,30). The number of furan rings is 1. The molecule has 3 N–H and O–H groups in total. The third-order valence-corrected chi connectivity index (χ3v) is 4.63. The minimum absolute atomic E-state index is 0.138. The lowest BCUT2D eigenvalue weighted by atomic mass is 10.1. The number of aliphatic hydroxyl groups is 1. The highest BCUT2D eigenvalue weighted by Gasteiger charge is 2.16. The van der Waals surface area contributed by atoms with Gasteiger partial charge in [0.1, 0.15) is 29.6 Å². The van der Waals surface area contributed by atoms with Gasteiger partial charge in [-0.3, -0.25) is 10.1 Å². The molecule has 8 heteroatoms. The summed E-state index contributed by atoms with van der Waals surface area (Å²) in [5, 5.41) is 14.9. The van der Waals surface area contributed by atoms with Crippen LogP contribution in [0.15, 0.2) is 52.9 Å². The van der Waals surface area contributed by atoms with Crippen LogP contribution >= 0.6 is 12.2 Å². The number of aliphatic hydroxyl groups excluding tert-OH is 1. The summed E-state index contributed by atoms with van der Waals surface area (Å²) in [6.07, 6.45) is 0. The van der Waals surface area contributed by atoms with Gasteiger partial charge >= 0.3 is 0 Å². The lowest BCUT2D eigenvalue weighted by Gasteiger charge is -2.14. The predicted molar refractivity (Wildman–Crippen MR) is 118 cm³/mol. The lowest BCUT2D eigenvalue weighted by Crippen LogP contribution is -2.34. The second kappa shape index (κ2) is 9.43. The molecular weight excluding hydrogens is 404 g/mol. The third-order valence-electron chi connectivity index (χ3n) is 4.43. The molecule has 0 atom stereocenters. The van der Waals surface area contributed by atoms with Crippen molar-refractivity contribution in [2.75, 3.05) is 19.5 Å². The van der Waals surface area contributed by atoms with E-state index in [1.54, 1.807) is 49.6 Å². The number of amides is 1. The summed E-state index contributed by atoms with van der Waals surface area (Å²) in [5.41, 5.74) is 2.60. The fourth-order valence-electron chi connectivity index (χ4n) is 3.02. The number of rotatable bonds is 6. The number of hydrogen-bond donors (Lipinski definition) is 3. The molecule has 3 rings (SSSR count). The number of anilines is 1. The van der Waals surface area contributed by atoms with E-state index in [4.69, 9.17) is 26.1 Å². The maximum absolute atomic E-state index is 12.6. The number of methoxy groups -OCH3 is 2. The summed E-state index contributed by atoms with van der Waals surface area (Å²) in [7, 11) is 3.06. The Morgan fingerprint density at radius 2 is 1.93 bits per heavy atom. The van der Waals surface area contributed by atoms with Crippen LogP contribution in [0.5, 0.6) is 11.5 Å². The van der Waals surface area contributed by atoms with Crippen molar-refractivity contribution in [1.29, 1.82) is 0 Å². The Kier molecular flexibility index (Phi) is 6.71. The van der Waals surface area contributed by atoms with Crippen LogP contribution in [-0.2, 0) is 6.61 Å². The number of thiocarbonyl (C=S) groups is 1. The highest BCUT2D eigenvalue weighted by molar-refractivity contribution is 7.80. The molecule has 0 saturated carbocycles. The van der Waals surface area contributed by atoms with E-state index in [9.17, 15) is 9.90 Å². The first kappa shape index (κ1) is 21.4. The number of hydrogen-bond acceptors (Lipinski definition) is 6. The normalized spacial score (nSPS) is 10.4. The smallest absolute Gasteiger partial charge is 0.261 e. The number of ether oxygens (including phenoxy) is 2. The van der Waals surface area contributed by atoms with Crippen molar-refractivity contribution in [1.82, 2.24) is 5.32 Å². The molecule has 0 aliphatic rings. The first-order chi connectivity index (χ1) is 14.5. The van der Waals surface area contributed by atoms with Crippen LogP contribution in [0.25, 0.3) is 11.3 Å². The second-order valence-electron chi connectivity index (χ2n) is 6.40. The fourth-order valence-corrected chi connectivity index (χ4v) is 3.23. The van der Waals surface area contributed by atoms with E-state index in [0.29, 0.717) is 34.3 Å². The molecular formula is C22H22N2O5S. The van der Waals surface area contributed by atoms with Crippen LogP contribution in [0.4, 0.5) is 5.69 Å². The molecule has 30 heavy (non-hydrogen) atoms. The number of carbonyl (C=O) groups excluding carboxylic acids is 1. The van der Waals surface area contributed by atoms with E-state index in [1.165, 1.54) is 7.11 Å². The summed E-state index contributed by atoms with van der Waals surface area (Å²) in [6.45, 7) is 1.68. The lowest BCUT2D eigenvalue weighted by molar-refractivity contribution is 0.0974. The van der Waals surface area contributed by atoms with Gasteiger partial charge < -0.3 is 24.3 Å². The molecule has 0 unspecified atom stereocenters. The number of nitrogens with one attached hydrogen (secondary N) is 2. The first-order valence-electron chi connectivity index (χ1n) is 9.10. The topological polar surface area (TPSA) is 93.0 Å². The fraction of sp³-hybridized carbons (Fsp3) is 0.182. The Morgan fingerprint density at radius 3 is 2.60 bits per heavy atom. The molecule has 2 aromatic carbocycles. The quantitative estimate of drug-likeness (QED) is 0.515. The number of benzene rings is 2. The summed E-state index contributed by atoms with van der Waals surface area (Å²) < 4.78 is 16.3. The predicted octanol–water partition coefficient (Wildman–Crippen LogP) is 3.89. The maximum atomic E-state index is 12.6. The number of aryl methyl sites for hydroxylation is 1. The van der Waals surface area contributed by atoms with Crippen LogP contribution in [0.3, 0.4) is 0 Å². The monoisotopic (exact) mass is 426 g/mol. The van der Waals surface area contributed by atoms with Crippen molar-refractivity contribution in [3.8, 4) is 22.8 Å². The SMILES string of the molecule is COc1cc(NC(=S)NC(=O)c2cccc(C)c2OC)ccc1-c1ccc(CO)o1. The third kappa shape index (κ3) is 4.61. The van der Waals surface area contributed by atoms with Gasteiger partial charge in [-0.25, -0.2) is 0 Å². The van der Waals surface area contributed by atoms with Crippen LogP contribution in [0.1, 0.15) is 21.7 Å². The Balaban J connectivity index is 1.74. The highest BCUT2D eigenvalue weighted by Crippen LogP contribution is 2.33. The van der Waals surface area contributed by atoms with Crippen LogP contribution < -0.4 is 20.1 Å². The van der Waals surface area contributed by atoms with Gasteiger partial charge in [0.25, 0.3) is 5.91 Å².